The van der Waals surface area contributed by atoms with Gasteiger partial charge in [-0.15, -0.1) is 0 Å². The van der Waals surface area contributed by atoms with Crippen LogP contribution in [0.1, 0.15) is 13.8 Å². The lowest BCUT2D eigenvalue weighted by molar-refractivity contribution is 0.688. The predicted octanol–water partition coefficient (Wildman–Crippen LogP) is 2.06. The van der Waals surface area contributed by atoms with E-state index in [1.165, 1.54) is 11.5 Å². The van der Waals surface area contributed by atoms with E-state index in [9.17, 15) is 0 Å². The Kier molecular flexibility index (Phi) is 3.40. The van der Waals surface area contributed by atoms with Crippen LogP contribution in [0.4, 0.5) is 5.13 Å². The summed E-state index contributed by atoms with van der Waals surface area (Å²) in [7, 11) is 0. The zero-order valence-electron chi connectivity index (χ0n) is 9.21. The molecule has 0 bridgehead atoms. The molecule has 0 unspecified atom stereocenters. The molecule has 0 fully saturated rings. The van der Waals surface area contributed by atoms with Crippen molar-refractivity contribution in [1.82, 2.24) is 19.3 Å². The van der Waals surface area contributed by atoms with Crippen molar-refractivity contribution >= 4 is 16.7 Å². The van der Waals surface area contributed by atoms with Crippen LogP contribution in [0.15, 0.2) is 18.5 Å². The SMILES string of the molecule is CC(C)CNc1nc(-c2ncccn2)ns1. The van der Waals surface area contributed by atoms with Gasteiger partial charge in [-0.2, -0.15) is 9.36 Å². The molecule has 0 radical (unpaired) electrons. The molecule has 0 saturated carbocycles. The number of anilines is 1. The third-order valence-electron chi connectivity index (χ3n) is 1.85. The monoisotopic (exact) mass is 235 g/mol. The van der Waals surface area contributed by atoms with Crippen molar-refractivity contribution in [2.24, 2.45) is 5.92 Å². The lowest BCUT2D eigenvalue weighted by atomic mass is 10.2. The maximum Gasteiger partial charge on any atom is 0.212 e. The highest BCUT2D eigenvalue weighted by atomic mass is 32.1. The van der Waals surface area contributed by atoms with Gasteiger partial charge in [-0.05, 0) is 12.0 Å². The van der Waals surface area contributed by atoms with Gasteiger partial charge in [0.15, 0.2) is 5.82 Å². The van der Waals surface area contributed by atoms with Crippen molar-refractivity contribution in [3.8, 4) is 11.6 Å². The normalized spacial score (nSPS) is 10.7. The lowest BCUT2D eigenvalue weighted by Gasteiger charge is -2.03. The van der Waals surface area contributed by atoms with Gasteiger partial charge in [-0.25, -0.2) is 9.97 Å². The molecule has 0 spiro atoms. The molecule has 0 aliphatic rings. The minimum Gasteiger partial charge on any atom is -0.360 e. The maximum absolute atomic E-state index is 4.32. The lowest BCUT2D eigenvalue weighted by Crippen LogP contribution is -2.07. The van der Waals surface area contributed by atoms with Crippen molar-refractivity contribution in [2.45, 2.75) is 13.8 Å². The summed E-state index contributed by atoms with van der Waals surface area (Å²) < 4.78 is 4.21. The zero-order chi connectivity index (χ0) is 11.4. The summed E-state index contributed by atoms with van der Waals surface area (Å²) >= 11 is 1.33. The van der Waals surface area contributed by atoms with Crippen LogP contribution >= 0.6 is 11.5 Å². The second kappa shape index (κ2) is 4.98. The van der Waals surface area contributed by atoms with E-state index in [2.05, 4.69) is 38.5 Å². The first-order chi connectivity index (χ1) is 7.75. The number of aromatic nitrogens is 4. The van der Waals surface area contributed by atoms with Crippen molar-refractivity contribution < 1.29 is 0 Å². The van der Waals surface area contributed by atoms with E-state index in [4.69, 9.17) is 0 Å². The number of hydrogen-bond donors (Lipinski definition) is 1. The average Bonchev–Trinajstić information content (AvgIpc) is 2.76. The Balaban J connectivity index is 2.08. The molecule has 0 atom stereocenters. The van der Waals surface area contributed by atoms with Gasteiger partial charge >= 0.3 is 0 Å². The first-order valence-corrected chi connectivity index (χ1v) is 5.88. The molecule has 0 aliphatic heterocycles. The van der Waals surface area contributed by atoms with Gasteiger partial charge in [0.2, 0.25) is 11.0 Å². The van der Waals surface area contributed by atoms with Crippen LogP contribution in [-0.2, 0) is 0 Å². The van der Waals surface area contributed by atoms with E-state index in [0.29, 0.717) is 17.6 Å². The molecule has 2 heterocycles. The largest absolute Gasteiger partial charge is 0.360 e. The molecule has 2 aromatic heterocycles. The Morgan fingerprint density at radius 3 is 2.69 bits per heavy atom. The average molecular weight is 235 g/mol. The van der Waals surface area contributed by atoms with Gasteiger partial charge in [0.25, 0.3) is 0 Å². The Hall–Kier alpha value is -1.56. The molecule has 5 nitrogen and oxygen atoms in total. The van der Waals surface area contributed by atoms with Crippen LogP contribution in [0, 0.1) is 5.92 Å². The molecule has 0 amide bonds. The fraction of sp³-hybridized carbons (Fsp3) is 0.400. The van der Waals surface area contributed by atoms with Crippen LogP contribution in [0.2, 0.25) is 0 Å². The highest BCUT2D eigenvalue weighted by molar-refractivity contribution is 7.09. The smallest absolute Gasteiger partial charge is 0.212 e. The molecule has 6 heteroatoms. The van der Waals surface area contributed by atoms with Gasteiger partial charge in [0.05, 0.1) is 0 Å². The van der Waals surface area contributed by atoms with Gasteiger partial charge < -0.3 is 5.32 Å². The first kappa shape index (κ1) is 10.9. The molecule has 84 valence electrons. The van der Waals surface area contributed by atoms with Crippen molar-refractivity contribution in [1.29, 1.82) is 0 Å². The summed E-state index contributed by atoms with van der Waals surface area (Å²) in [4.78, 5) is 12.5. The van der Waals surface area contributed by atoms with Crippen LogP contribution in [0.25, 0.3) is 11.6 Å². The highest BCUT2D eigenvalue weighted by Crippen LogP contribution is 2.17. The van der Waals surface area contributed by atoms with E-state index >= 15 is 0 Å². The molecular formula is C10H13N5S. The Morgan fingerprint density at radius 1 is 1.25 bits per heavy atom. The Labute approximate surface area is 98.2 Å². The Bertz CT molecular complexity index is 439. The van der Waals surface area contributed by atoms with Crippen LogP contribution in [0.3, 0.4) is 0 Å². The summed E-state index contributed by atoms with van der Waals surface area (Å²) in [6.45, 7) is 5.19. The van der Waals surface area contributed by atoms with Crippen molar-refractivity contribution in [3.63, 3.8) is 0 Å². The number of nitrogens with zero attached hydrogens (tertiary/aromatic N) is 4. The molecule has 2 aromatic rings. The Morgan fingerprint density at radius 2 is 2.00 bits per heavy atom. The molecule has 2 rings (SSSR count). The van der Waals surface area contributed by atoms with Crippen LogP contribution in [-0.4, -0.2) is 25.9 Å². The summed E-state index contributed by atoms with van der Waals surface area (Å²) in [5.74, 6) is 1.73. The molecule has 1 N–H and O–H groups in total. The van der Waals surface area contributed by atoms with E-state index in [1.54, 1.807) is 18.5 Å². The standard InChI is InChI=1S/C10H13N5S/c1-7(2)6-13-10-14-9(15-16-10)8-11-4-3-5-12-8/h3-5,7H,6H2,1-2H3,(H,13,14,15). The van der Waals surface area contributed by atoms with E-state index < -0.39 is 0 Å². The van der Waals surface area contributed by atoms with Gasteiger partial charge in [0, 0.05) is 30.5 Å². The molecule has 0 aliphatic carbocycles. The van der Waals surface area contributed by atoms with E-state index in [0.717, 1.165) is 11.7 Å². The van der Waals surface area contributed by atoms with Crippen molar-refractivity contribution in [2.75, 3.05) is 11.9 Å². The number of rotatable bonds is 4. The second-order valence-corrected chi connectivity index (χ2v) is 4.52. The number of hydrogen-bond acceptors (Lipinski definition) is 6. The van der Waals surface area contributed by atoms with Gasteiger partial charge in [0.1, 0.15) is 0 Å². The molecule has 16 heavy (non-hydrogen) atoms. The van der Waals surface area contributed by atoms with Gasteiger partial charge in [-0.1, -0.05) is 13.8 Å². The first-order valence-electron chi connectivity index (χ1n) is 5.10. The fourth-order valence-electron chi connectivity index (χ4n) is 1.09. The predicted molar refractivity (Wildman–Crippen MR) is 64.3 cm³/mol. The third-order valence-corrected chi connectivity index (χ3v) is 2.53. The molecule has 0 saturated heterocycles. The van der Waals surface area contributed by atoms with Crippen LogP contribution in [0.5, 0.6) is 0 Å². The molecule has 0 aromatic carbocycles. The topological polar surface area (TPSA) is 63.6 Å². The third kappa shape index (κ3) is 2.73. The van der Waals surface area contributed by atoms with E-state index in [-0.39, 0.29) is 0 Å². The summed E-state index contributed by atoms with van der Waals surface area (Å²) in [6.07, 6.45) is 3.37. The quantitative estimate of drug-likeness (QED) is 0.878. The zero-order valence-corrected chi connectivity index (χ0v) is 10.0. The minimum absolute atomic E-state index is 0.566. The van der Waals surface area contributed by atoms with Crippen LogP contribution < -0.4 is 5.32 Å². The minimum atomic E-state index is 0.566. The second-order valence-electron chi connectivity index (χ2n) is 3.77. The fourth-order valence-corrected chi connectivity index (χ4v) is 1.66. The van der Waals surface area contributed by atoms with Crippen molar-refractivity contribution in [3.05, 3.63) is 18.5 Å². The highest BCUT2D eigenvalue weighted by Gasteiger charge is 2.08. The number of nitrogens with one attached hydrogen (secondary N) is 1. The summed E-state index contributed by atoms with van der Waals surface area (Å²) in [5, 5.41) is 4.04. The molecular weight excluding hydrogens is 222 g/mol. The summed E-state index contributed by atoms with van der Waals surface area (Å²) in [5.41, 5.74) is 0. The van der Waals surface area contributed by atoms with Gasteiger partial charge in [-0.3, -0.25) is 0 Å². The maximum atomic E-state index is 4.32. The van der Waals surface area contributed by atoms with E-state index in [1.807, 2.05) is 0 Å². The summed E-state index contributed by atoms with van der Waals surface area (Å²) in [6, 6.07) is 1.77.